The van der Waals surface area contributed by atoms with Crippen LogP contribution in [-0.4, -0.2) is 51.0 Å². The zero-order valence-electron chi connectivity index (χ0n) is 11.3. The fourth-order valence-corrected chi connectivity index (χ4v) is 1.95. The predicted octanol–water partition coefficient (Wildman–Crippen LogP) is 1.22. The Bertz CT molecular complexity index is 349. The average Bonchev–Trinajstić information content (AvgIpc) is 2.55. The smallest absolute Gasteiger partial charge is 0.411 e. The standard InChI is InChI=1S/C12H21NO5/c1-5-12(17)6-8(9(14)15)13(7-12)10(16)18-11(2,3)4/h8,17H,5-7H2,1-4H3,(H,14,15)/t8-,12?/m1/s1. The summed E-state index contributed by atoms with van der Waals surface area (Å²) < 4.78 is 5.15. The van der Waals surface area contributed by atoms with E-state index in [1.807, 2.05) is 0 Å². The van der Waals surface area contributed by atoms with Gasteiger partial charge in [-0.2, -0.15) is 0 Å². The quantitative estimate of drug-likeness (QED) is 0.778. The maximum Gasteiger partial charge on any atom is 0.411 e. The molecule has 1 unspecified atom stereocenters. The van der Waals surface area contributed by atoms with E-state index in [1.165, 1.54) is 0 Å². The molecule has 1 rings (SSSR count). The number of carboxylic acids is 1. The predicted molar refractivity (Wildman–Crippen MR) is 64.2 cm³/mol. The molecule has 6 nitrogen and oxygen atoms in total. The summed E-state index contributed by atoms with van der Waals surface area (Å²) in [5.74, 6) is -1.12. The van der Waals surface area contributed by atoms with Crippen molar-refractivity contribution in [1.29, 1.82) is 0 Å². The Labute approximate surface area is 107 Å². The Balaban J connectivity index is 2.85. The summed E-state index contributed by atoms with van der Waals surface area (Å²) in [6.45, 7) is 6.89. The zero-order valence-corrected chi connectivity index (χ0v) is 11.3. The second-order valence-corrected chi connectivity index (χ2v) is 5.74. The monoisotopic (exact) mass is 259 g/mol. The van der Waals surface area contributed by atoms with Crippen molar-refractivity contribution in [3.05, 3.63) is 0 Å². The second kappa shape index (κ2) is 4.76. The highest BCUT2D eigenvalue weighted by Gasteiger charge is 2.48. The van der Waals surface area contributed by atoms with E-state index < -0.39 is 29.3 Å². The van der Waals surface area contributed by atoms with E-state index in [4.69, 9.17) is 9.84 Å². The molecule has 0 bridgehead atoms. The first kappa shape index (κ1) is 14.8. The van der Waals surface area contributed by atoms with E-state index in [0.29, 0.717) is 6.42 Å². The molecule has 0 aliphatic carbocycles. The van der Waals surface area contributed by atoms with Gasteiger partial charge in [0.1, 0.15) is 11.6 Å². The number of β-amino-alcohol motifs (C(OH)–C–C–N with tert-alkyl or cyclic N) is 1. The van der Waals surface area contributed by atoms with E-state index in [9.17, 15) is 14.7 Å². The number of hydrogen-bond acceptors (Lipinski definition) is 4. The van der Waals surface area contributed by atoms with E-state index in [-0.39, 0.29) is 13.0 Å². The number of amides is 1. The first-order chi connectivity index (χ1) is 8.08. The minimum absolute atomic E-state index is 0.00458. The first-order valence-electron chi connectivity index (χ1n) is 6.03. The number of likely N-dealkylation sites (tertiary alicyclic amines) is 1. The molecule has 0 radical (unpaired) electrons. The van der Waals surface area contributed by atoms with Gasteiger partial charge in [-0.05, 0) is 27.2 Å². The summed E-state index contributed by atoms with van der Waals surface area (Å²) in [5, 5.41) is 19.2. The van der Waals surface area contributed by atoms with Crippen LogP contribution in [0.3, 0.4) is 0 Å². The number of hydrogen-bond donors (Lipinski definition) is 2. The number of aliphatic hydroxyl groups is 1. The van der Waals surface area contributed by atoms with Gasteiger partial charge in [0.15, 0.2) is 0 Å². The molecular formula is C12H21NO5. The number of carboxylic acid groups (broad SMARTS) is 1. The third-order valence-electron chi connectivity index (χ3n) is 2.99. The third-order valence-corrected chi connectivity index (χ3v) is 2.99. The number of carbonyl (C=O) groups is 2. The van der Waals surface area contributed by atoms with Crippen molar-refractivity contribution in [3.63, 3.8) is 0 Å². The van der Waals surface area contributed by atoms with Gasteiger partial charge >= 0.3 is 12.1 Å². The lowest BCUT2D eigenvalue weighted by Crippen LogP contribution is -2.44. The molecule has 2 atom stereocenters. The molecule has 104 valence electrons. The van der Waals surface area contributed by atoms with E-state index >= 15 is 0 Å². The van der Waals surface area contributed by atoms with Gasteiger partial charge in [-0.25, -0.2) is 9.59 Å². The summed E-state index contributed by atoms with van der Waals surface area (Å²) in [5.41, 5.74) is -1.83. The normalized spacial score (nSPS) is 28.3. The van der Waals surface area contributed by atoms with E-state index in [1.54, 1.807) is 27.7 Å². The van der Waals surface area contributed by atoms with Crippen molar-refractivity contribution in [2.75, 3.05) is 6.54 Å². The van der Waals surface area contributed by atoms with Crippen molar-refractivity contribution in [2.24, 2.45) is 0 Å². The fraction of sp³-hybridized carbons (Fsp3) is 0.833. The highest BCUT2D eigenvalue weighted by molar-refractivity contribution is 5.81. The average molecular weight is 259 g/mol. The molecule has 18 heavy (non-hydrogen) atoms. The van der Waals surface area contributed by atoms with Crippen molar-refractivity contribution in [1.82, 2.24) is 4.90 Å². The summed E-state index contributed by atoms with van der Waals surface area (Å²) in [7, 11) is 0. The van der Waals surface area contributed by atoms with Gasteiger partial charge in [0.05, 0.1) is 12.1 Å². The Morgan fingerprint density at radius 2 is 2.00 bits per heavy atom. The van der Waals surface area contributed by atoms with Gasteiger partial charge in [-0.3, -0.25) is 4.90 Å². The molecule has 2 N–H and O–H groups in total. The molecule has 6 heteroatoms. The van der Waals surface area contributed by atoms with Crippen LogP contribution in [0.2, 0.25) is 0 Å². The minimum Gasteiger partial charge on any atom is -0.480 e. The van der Waals surface area contributed by atoms with Gasteiger partial charge < -0.3 is 14.9 Å². The molecular weight excluding hydrogens is 238 g/mol. The van der Waals surface area contributed by atoms with Crippen LogP contribution in [-0.2, 0) is 9.53 Å². The van der Waals surface area contributed by atoms with Gasteiger partial charge in [-0.15, -0.1) is 0 Å². The molecule has 0 aromatic heterocycles. The number of nitrogens with zero attached hydrogens (tertiary/aromatic N) is 1. The second-order valence-electron chi connectivity index (χ2n) is 5.74. The Kier molecular flexibility index (Phi) is 3.90. The van der Waals surface area contributed by atoms with Crippen LogP contribution in [0.5, 0.6) is 0 Å². The van der Waals surface area contributed by atoms with Crippen molar-refractivity contribution in [3.8, 4) is 0 Å². The van der Waals surface area contributed by atoms with Crippen LogP contribution in [0.15, 0.2) is 0 Å². The van der Waals surface area contributed by atoms with Crippen molar-refractivity contribution >= 4 is 12.1 Å². The first-order valence-corrected chi connectivity index (χ1v) is 6.03. The molecule has 0 aromatic carbocycles. The fourth-order valence-electron chi connectivity index (χ4n) is 1.95. The Morgan fingerprint density at radius 3 is 2.39 bits per heavy atom. The van der Waals surface area contributed by atoms with Crippen molar-refractivity contribution < 1.29 is 24.5 Å². The molecule has 0 saturated carbocycles. The number of rotatable bonds is 2. The van der Waals surface area contributed by atoms with Crippen molar-refractivity contribution in [2.45, 2.75) is 57.8 Å². The maximum atomic E-state index is 11.9. The van der Waals surface area contributed by atoms with Crippen LogP contribution < -0.4 is 0 Å². The Hall–Kier alpha value is -1.30. The molecule has 1 heterocycles. The topological polar surface area (TPSA) is 87.1 Å². The molecule has 0 aromatic rings. The lowest BCUT2D eigenvalue weighted by Gasteiger charge is -2.27. The summed E-state index contributed by atoms with van der Waals surface area (Å²) in [4.78, 5) is 24.1. The SMILES string of the molecule is CCC1(O)C[C@H](C(=O)O)N(C(=O)OC(C)(C)C)C1. The summed E-state index contributed by atoms with van der Waals surface area (Å²) in [6.07, 6.45) is -0.256. The largest absolute Gasteiger partial charge is 0.480 e. The number of ether oxygens (including phenoxy) is 1. The van der Waals surface area contributed by atoms with Gasteiger partial charge in [0, 0.05) is 6.42 Å². The third kappa shape index (κ3) is 3.35. The van der Waals surface area contributed by atoms with Crippen LogP contribution in [0.1, 0.15) is 40.5 Å². The summed E-state index contributed by atoms with van der Waals surface area (Å²) >= 11 is 0. The molecule has 1 aliphatic rings. The van der Waals surface area contributed by atoms with Crippen LogP contribution >= 0.6 is 0 Å². The number of aliphatic carboxylic acids is 1. The van der Waals surface area contributed by atoms with Crippen LogP contribution in [0.4, 0.5) is 4.79 Å². The maximum absolute atomic E-state index is 11.9. The van der Waals surface area contributed by atoms with Crippen LogP contribution in [0, 0.1) is 0 Å². The summed E-state index contributed by atoms with van der Waals surface area (Å²) in [6, 6.07) is -1.02. The molecule has 1 aliphatic heterocycles. The lowest BCUT2D eigenvalue weighted by molar-refractivity contribution is -0.142. The molecule has 1 amide bonds. The minimum atomic E-state index is -1.14. The van der Waals surface area contributed by atoms with Gasteiger partial charge in [0.25, 0.3) is 0 Å². The Morgan fingerprint density at radius 1 is 1.44 bits per heavy atom. The highest BCUT2D eigenvalue weighted by Crippen LogP contribution is 2.31. The zero-order chi connectivity index (χ0) is 14.1. The van der Waals surface area contributed by atoms with Gasteiger partial charge in [-0.1, -0.05) is 6.92 Å². The highest BCUT2D eigenvalue weighted by atomic mass is 16.6. The van der Waals surface area contributed by atoms with E-state index in [2.05, 4.69) is 0 Å². The lowest BCUT2D eigenvalue weighted by atomic mass is 9.97. The van der Waals surface area contributed by atoms with Crippen LogP contribution in [0.25, 0.3) is 0 Å². The van der Waals surface area contributed by atoms with E-state index in [0.717, 1.165) is 4.90 Å². The molecule has 1 fully saturated rings. The van der Waals surface area contributed by atoms with Gasteiger partial charge in [0.2, 0.25) is 0 Å². The molecule has 1 saturated heterocycles. The molecule has 0 spiro atoms. The number of carbonyl (C=O) groups excluding carboxylic acids is 1.